The third kappa shape index (κ3) is 2.98. The second-order valence-electron chi connectivity index (χ2n) is 5.39. The first-order valence-electron chi connectivity index (χ1n) is 7.19. The summed E-state index contributed by atoms with van der Waals surface area (Å²) in [7, 11) is 0. The Bertz CT molecular complexity index is 1080. The van der Waals surface area contributed by atoms with Gasteiger partial charge in [0.05, 0.1) is 22.7 Å². The van der Waals surface area contributed by atoms with E-state index in [2.05, 4.69) is 31.2 Å². The predicted molar refractivity (Wildman–Crippen MR) is 92.3 cm³/mol. The molecule has 0 aliphatic heterocycles. The van der Waals surface area contributed by atoms with Crippen LogP contribution in [0, 0.1) is 26.6 Å². The minimum absolute atomic E-state index is 0. The van der Waals surface area contributed by atoms with E-state index in [1.165, 1.54) is 11.3 Å². The van der Waals surface area contributed by atoms with Gasteiger partial charge < -0.3 is 9.55 Å². The summed E-state index contributed by atoms with van der Waals surface area (Å²) in [6.45, 7) is 11.2. The molecule has 3 heterocycles. The summed E-state index contributed by atoms with van der Waals surface area (Å²) in [6.07, 6.45) is 4.69. The summed E-state index contributed by atoms with van der Waals surface area (Å²) in [4.78, 5) is 13.0. The third-order valence-corrected chi connectivity index (χ3v) is 4.50. The van der Waals surface area contributed by atoms with Gasteiger partial charge in [-0.25, -0.2) is 4.85 Å². The minimum atomic E-state index is 0. The molecule has 0 saturated heterocycles. The van der Waals surface area contributed by atoms with Crippen molar-refractivity contribution in [2.24, 2.45) is 0 Å². The van der Waals surface area contributed by atoms with E-state index in [4.69, 9.17) is 6.57 Å². The van der Waals surface area contributed by atoms with Gasteiger partial charge in [0.15, 0.2) is 5.69 Å². The average Bonchev–Trinajstić information content (AvgIpc) is 3.22. The fourth-order valence-electron chi connectivity index (χ4n) is 2.79. The van der Waals surface area contributed by atoms with Crippen LogP contribution in [-0.4, -0.2) is 24.7 Å². The van der Waals surface area contributed by atoms with Crippen LogP contribution in [0.1, 0.15) is 11.1 Å². The van der Waals surface area contributed by atoms with Gasteiger partial charge in [-0.05, 0) is 31.2 Å². The van der Waals surface area contributed by atoms with Crippen LogP contribution in [0.2, 0.25) is 0 Å². The Morgan fingerprint density at radius 3 is 2.68 bits per heavy atom. The Kier molecular flexibility index (Phi) is 4.73. The molecular weight excluding hydrogens is 513 g/mol. The van der Waals surface area contributed by atoms with Crippen LogP contribution in [0.15, 0.2) is 30.0 Å². The molecule has 0 spiro atoms. The summed E-state index contributed by atoms with van der Waals surface area (Å²) >= 11 is 1.48. The first-order chi connectivity index (χ1) is 11.7. The van der Waals surface area contributed by atoms with Gasteiger partial charge >= 0.3 is 0 Å². The maximum Gasteiger partial charge on any atom is 0.187 e. The quantitative estimate of drug-likeness (QED) is 0.374. The maximum absolute atomic E-state index is 7.19. The monoisotopic (exact) mass is 524 g/mol. The third-order valence-electron chi connectivity index (χ3n) is 3.77. The van der Waals surface area contributed by atoms with Crippen molar-refractivity contribution in [3.8, 4) is 17.1 Å². The second-order valence-corrected chi connectivity index (χ2v) is 6.22. The molecule has 0 aliphatic rings. The number of aryl methyl sites for hydroxylation is 2. The molecule has 0 aliphatic carbocycles. The number of nitrogens with zero attached hydrogens (tertiary/aromatic N) is 6. The van der Waals surface area contributed by atoms with E-state index in [-0.39, 0.29) is 20.1 Å². The van der Waals surface area contributed by atoms with Crippen molar-refractivity contribution in [3.05, 3.63) is 58.8 Å². The van der Waals surface area contributed by atoms with Crippen molar-refractivity contribution < 1.29 is 20.1 Å². The van der Waals surface area contributed by atoms with Crippen LogP contribution in [-0.2, 0) is 20.1 Å². The van der Waals surface area contributed by atoms with Gasteiger partial charge in [-0.15, -0.1) is 11.2 Å². The number of pyridine rings is 1. The van der Waals surface area contributed by atoms with Crippen molar-refractivity contribution in [1.29, 1.82) is 0 Å². The zero-order chi connectivity index (χ0) is 16.7. The fraction of sp³-hybridized carbons (Fsp3) is 0.118. The fourth-order valence-corrected chi connectivity index (χ4v) is 3.38. The van der Waals surface area contributed by atoms with E-state index in [1.54, 1.807) is 11.8 Å². The zero-order valence-corrected chi connectivity index (χ0v) is 16.5. The summed E-state index contributed by atoms with van der Waals surface area (Å²) in [5.74, 6) is 0.652. The van der Waals surface area contributed by atoms with Gasteiger partial charge in [0.25, 0.3) is 0 Å². The molecule has 125 valence electrons. The number of benzene rings is 1. The molecule has 8 heteroatoms. The van der Waals surface area contributed by atoms with E-state index < -0.39 is 0 Å². The molecule has 0 bridgehead atoms. The Hall–Kier alpha value is -2.46. The van der Waals surface area contributed by atoms with Crippen molar-refractivity contribution in [2.45, 2.75) is 13.8 Å². The standard InChI is InChI=1S/C17H11N6S.Ir/c1-10-4-13(18-3)5-11(2)15(10)23-8-21-22-16(23)12-6-14-17(19-7-12)24-9-20-14;/h4-6,8-9H,1-2H3;/q-1;. The number of fused-ring (bicyclic) bond motifs is 1. The number of aromatic nitrogens is 5. The van der Waals surface area contributed by atoms with E-state index in [1.807, 2.05) is 36.6 Å². The summed E-state index contributed by atoms with van der Waals surface area (Å²) < 4.78 is 1.91. The van der Waals surface area contributed by atoms with Crippen LogP contribution >= 0.6 is 11.3 Å². The number of hydrogen-bond acceptors (Lipinski definition) is 5. The van der Waals surface area contributed by atoms with Gasteiger partial charge in [0.2, 0.25) is 0 Å². The van der Waals surface area contributed by atoms with Gasteiger partial charge in [-0.1, -0.05) is 17.7 Å². The predicted octanol–water partition coefficient (Wildman–Crippen LogP) is 3.90. The van der Waals surface area contributed by atoms with Crippen LogP contribution in [0.3, 0.4) is 0 Å². The van der Waals surface area contributed by atoms with Crippen LogP contribution in [0.25, 0.3) is 32.3 Å². The van der Waals surface area contributed by atoms with Gasteiger partial charge in [-0.2, -0.15) is 16.4 Å². The Labute approximate surface area is 161 Å². The first kappa shape index (κ1) is 17.4. The molecular formula is C17H11IrN6S-. The topological polar surface area (TPSA) is 60.9 Å². The summed E-state index contributed by atoms with van der Waals surface area (Å²) in [5, 5.41) is 8.29. The normalized spacial score (nSPS) is 10.4. The first-order valence-corrected chi connectivity index (χ1v) is 8.06. The molecule has 0 atom stereocenters. The molecule has 0 saturated carbocycles. The number of rotatable bonds is 2. The SMILES string of the molecule is [C-]#[N+]c1cc(C)c(-n2cnnc2-c2[c-]nc3scnc3c2)c(C)c1.[Ir]. The molecule has 4 aromatic rings. The smallest absolute Gasteiger partial charge is 0.187 e. The van der Waals surface area contributed by atoms with Gasteiger partial charge in [0, 0.05) is 31.3 Å². The second kappa shape index (κ2) is 6.81. The largest absolute Gasteiger partial charge is 0.340 e. The van der Waals surface area contributed by atoms with E-state index in [9.17, 15) is 0 Å². The minimum Gasteiger partial charge on any atom is -0.340 e. The molecule has 0 N–H and O–H groups in total. The Balaban J connectivity index is 0.00000182. The molecule has 3 aromatic heterocycles. The number of hydrogen-bond donors (Lipinski definition) is 0. The van der Waals surface area contributed by atoms with Crippen molar-refractivity contribution >= 4 is 27.4 Å². The molecule has 0 amide bonds. The van der Waals surface area contributed by atoms with Crippen molar-refractivity contribution in [1.82, 2.24) is 24.7 Å². The van der Waals surface area contributed by atoms with Gasteiger partial charge in [0.1, 0.15) is 6.33 Å². The van der Waals surface area contributed by atoms with Crippen molar-refractivity contribution in [2.75, 3.05) is 0 Å². The molecule has 1 aromatic carbocycles. The molecule has 25 heavy (non-hydrogen) atoms. The summed E-state index contributed by atoms with van der Waals surface area (Å²) in [6, 6.07) is 5.65. The van der Waals surface area contributed by atoms with E-state index >= 15 is 0 Å². The molecule has 1 radical (unpaired) electrons. The van der Waals surface area contributed by atoms with Crippen molar-refractivity contribution in [3.63, 3.8) is 0 Å². The molecule has 0 fully saturated rings. The zero-order valence-electron chi connectivity index (χ0n) is 13.3. The summed E-state index contributed by atoms with van der Waals surface area (Å²) in [5.41, 5.74) is 6.89. The van der Waals surface area contributed by atoms with E-state index in [0.29, 0.717) is 11.5 Å². The molecule has 4 rings (SSSR count). The molecule has 0 unspecified atom stereocenters. The van der Waals surface area contributed by atoms with Gasteiger partial charge in [-0.3, -0.25) is 4.98 Å². The van der Waals surface area contributed by atoms with Crippen LogP contribution in [0.5, 0.6) is 0 Å². The average molecular weight is 524 g/mol. The maximum atomic E-state index is 7.19. The Morgan fingerprint density at radius 2 is 1.96 bits per heavy atom. The molecule has 6 nitrogen and oxygen atoms in total. The Morgan fingerprint density at radius 1 is 1.20 bits per heavy atom. The van der Waals surface area contributed by atoms with Crippen LogP contribution in [0.4, 0.5) is 5.69 Å². The number of thiazole rings is 1. The van der Waals surface area contributed by atoms with E-state index in [0.717, 1.165) is 32.7 Å². The van der Waals surface area contributed by atoms with Crippen LogP contribution < -0.4 is 0 Å².